The Labute approximate surface area is 179 Å². The molecule has 0 saturated heterocycles. The molecule has 156 valence electrons. The lowest BCUT2D eigenvalue weighted by Crippen LogP contribution is -2.15. The third kappa shape index (κ3) is 6.11. The minimum absolute atomic E-state index is 0.247. The number of aryl methyl sites for hydroxylation is 1. The minimum Gasteiger partial charge on any atom is -0.493 e. The summed E-state index contributed by atoms with van der Waals surface area (Å²) >= 11 is 0. The van der Waals surface area contributed by atoms with Gasteiger partial charge in [0.2, 0.25) is 0 Å². The van der Waals surface area contributed by atoms with Crippen LogP contribution in [0.15, 0.2) is 72.8 Å². The van der Waals surface area contributed by atoms with Crippen LogP contribution in [0.1, 0.15) is 37.3 Å². The van der Waals surface area contributed by atoms with Crippen LogP contribution < -0.4 is 15.2 Å². The third-order valence-electron chi connectivity index (χ3n) is 5.52. The topological polar surface area (TPSA) is 44.5 Å². The molecular formula is C27H31NO2. The quantitative estimate of drug-likeness (QED) is 0.453. The fraction of sp³-hybridized carbons (Fsp3) is 0.333. The second-order valence-corrected chi connectivity index (χ2v) is 8.43. The van der Waals surface area contributed by atoms with E-state index in [1.165, 1.54) is 29.5 Å². The van der Waals surface area contributed by atoms with Gasteiger partial charge in [-0.1, -0.05) is 54.6 Å². The minimum atomic E-state index is 0.247. The summed E-state index contributed by atoms with van der Waals surface area (Å²) in [4.78, 5) is 0. The highest BCUT2D eigenvalue weighted by Gasteiger charge is 2.21. The van der Waals surface area contributed by atoms with Gasteiger partial charge in [0.05, 0.1) is 6.61 Å². The molecule has 1 aliphatic carbocycles. The molecule has 1 unspecified atom stereocenters. The Morgan fingerprint density at radius 2 is 1.43 bits per heavy atom. The summed E-state index contributed by atoms with van der Waals surface area (Å²) in [5.74, 6) is 2.48. The fourth-order valence-corrected chi connectivity index (χ4v) is 3.37. The van der Waals surface area contributed by atoms with E-state index >= 15 is 0 Å². The van der Waals surface area contributed by atoms with Gasteiger partial charge in [0.15, 0.2) is 0 Å². The highest BCUT2D eigenvalue weighted by atomic mass is 16.5. The summed E-state index contributed by atoms with van der Waals surface area (Å²) in [6.45, 7) is 3.42. The molecule has 3 heteroatoms. The van der Waals surface area contributed by atoms with Gasteiger partial charge in [0.25, 0.3) is 0 Å². The molecule has 1 saturated carbocycles. The van der Waals surface area contributed by atoms with Gasteiger partial charge < -0.3 is 15.2 Å². The predicted molar refractivity (Wildman–Crippen MR) is 123 cm³/mol. The van der Waals surface area contributed by atoms with Crippen molar-refractivity contribution >= 4 is 0 Å². The van der Waals surface area contributed by atoms with Crippen LogP contribution in [0.2, 0.25) is 0 Å². The molecule has 0 aliphatic heterocycles. The Morgan fingerprint density at radius 3 is 2.03 bits per heavy atom. The van der Waals surface area contributed by atoms with Crippen molar-refractivity contribution < 1.29 is 9.47 Å². The molecule has 0 heterocycles. The molecule has 0 bridgehead atoms. The van der Waals surface area contributed by atoms with Crippen molar-refractivity contribution in [2.75, 3.05) is 6.61 Å². The van der Waals surface area contributed by atoms with Gasteiger partial charge >= 0.3 is 0 Å². The third-order valence-corrected chi connectivity index (χ3v) is 5.52. The number of rotatable bonds is 10. The van der Waals surface area contributed by atoms with Crippen LogP contribution in [0.5, 0.6) is 11.5 Å². The highest BCUT2D eigenvalue weighted by Crippen LogP contribution is 2.30. The molecule has 0 radical (unpaired) electrons. The lowest BCUT2D eigenvalue weighted by atomic mass is 10.0. The molecule has 2 N–H and O–H groups in total. The number of hydrogen-bond donors (Lipinski definition) is 1. The van der Waals surface area contributed by atoms with Gasteiger partial charge in [-0.15, -0.1) is 0 Å². The first-order valence-electron chi connectivity index (χ1n) is 11.0. The normalized spacial score (nSPS) is 14.3. The van der Waals surface area contributed by atoms with E-state index in [0.717, 1.165) is 42.4 Å². The van der Waals surface area contributed by atoms with Crippen molar-refractivity contribution in [2.45, 2.75) is 45.3 Å². The van der Waals surface area contributed by atoms with Crippen LogP contribution in [0.4, 0.5) is 0 Å². The van der Waals surface area contributed by atoms with Crippen LogP contribution >= 0.6 is 0 Å². The number of ether oxygens (including phenoxy) is 2. The zero-order valence-corrected chi connectivity index (χ0v) is 17.7. The van der Waals surface area contributed by atoms with Crippen LogP contribution in [0.3, 0.4) is 0 Å². The average molecular weight is 402 g/mol. The maximum atomic E-state index is 5.97. The second-order valence-electron chi connectivity index (χ2n) is 8.43. The first-order valence-corrected chi connectivity index (χ1v) is 11.0. The molecule has 0 spiro atoms. The molecule has 1 fully saturated rings. The monoisotopic (exact) mass is 401 g/mol. The van der Waals surface area contributed by atoms with Crippen molar-refractivity contribution in [3.63, 3.8) is 0 Å². The van der Waals surface area contributed by atoms with E-state index in [4.69, 9.17) is 15.2 Å². The van der Waals surface area contributed by atoms with Crippen LogP contribution in [0.25, 0.3) is 11.1 Å². The molecule has 1 atom stereocenters. The summed E-state index contributed by atoms with van der Waals surface area (Å²) < 4.78 is 11.8. The van der Waals surface area contributed by atoms with E-state index in [1.807, 2.05) is 24.3 Å². The van der Waals surface area contributed by atoms with E-state index in [0.29, 0.717) is 6.61 Å². The van der Waals surface area contributed by atoms with Gasteiger partial charge in [0.1, 0.15) is 18.1 Å². The SMILES string of the molecule is CC(N)CCc1ccc(-c2ccc(COc3cccc(OCC4CC4)c3)cc2)cc1. The van der Waals surface area contributed by atoms with Gasteiger partial charge in [-0.3, -0.25) is 0 Å². The predicted octanol–water partition coefficient (Wildman–Crippen LogP) is 6.00. The summed E-state index contributed by atoms with van der Waals surface area (Å²) in [6.07, 6.45) is 4.64. The Bertz CT molecular complexity index is 928. The van der Waals surface area contributed by atoms with Crippen molar-refractivity contribution in [1.29, 1.82) is 0 Å². The van der Waals surface area contributed by atoms with E-state index in [-0.39, 0.29) is 6.04 Å². The maximum absolute atomic E-state index is 5.97. The van der Waals surface area contributed by atoms with Gasteiger partial charge in [-0.25, -0.2) is 0 Å². The Morgan fingerprint density at radius 1 is 0.833 bits per heavy atom. The first kappa shape index (κ1) is 20.5. The molecule has 0 aromatic heterocycles. The number of nitrogens with two attached hydrogens (primary N) is 1. The molecular weight excluding hydrogens is 370 g/mol. The Hall–Kier alpha value is -2.78. The number of hydrogen-bond acceptors (Lipinski definition) is 3. The summed E-state index contributed by atoms with van der Waals surface area (Å²) in [5.41, 5.74) is 10.8. The first-order chi connectivity index (χ1) is 14.7. The fourth-order valence-electron chi connectivity index (χ4n) is 3.37. The Balaban J connectivity index is 1.31. The van der Waals surface area contributed by atoms with Crippen LogP contribution in [-0.4, -0.2) is 12.6 Å². The van der Waals surface area contributed by atoms with E-state index in [9.17, 15) is 0 Å². The van der Waals surface area contributed by atoms with E-state index in [1.54, 1.807) is 0 Å². The molecule has 30 heavy (non-hydrogen) atoms. The standard InChI is InChI=1S/C27H31NO2/c1-20(28)5-6-21-9-13-24(14-10-21)25-15-11-23(12-16-25)19-30-27-4-2-3-26(17-27)29-18-22-7-8-22/h2-4,9-17,20,22H,5-8,18-19,28H2,1H3. The van der Waals surface area contributed by atoms with Crippen molar-refractivity contribution in [3.05, 3.63) is 83.9 Å². The molecule has 3 aromatic carbocycles. The molecule has 3 aromatic rings. The van der Waals surface area contributed by atoms with Gasteiger partial charge in [-0.2, -0.15) is 0 Å². The maximum Gasteiger partial charge on any atom is 0.123 e. The largest absolute Gasteiger partial charge is 0.493 e. The van der Waals surface area contributed by atoms with Crippen LogP contribution in [-0.2, 0) is 13.0 Å². The van der Waals surface area contributed by atoms with Gasteiger partial charge in [-0.05, 0) is 72.9 Å². The lowest BCUT2D eigenvalue weighted by Gasteiger charge is -2.10. The van der Waals surface area contributed by atoms with Crippen LogP contribution in [0, 0.1) is 5.92 Å². The smallest absolute Gasteiger partial charge is 0.123 e. The highest BCUT2D eigenvalue weighted by molar-refractivity contribution is 5.64. The molecule has 3 nitrogen and oxygen atoms in total. The summed E-state index contributed by atoms with van der Waals surface area (Å²) in [5, 5.41) is 0. The molecule has 4 rings (SSSR count). The molecule has 0 amide bonds. The van der Waals surface area contributed by atoms with Gasteiger partial charge in [0, 0.05) is 12.1 Å². The average Bonchev–Trinajstić information content (AvgIpc) is 3.61. The second kappa shape index (κ2) is 9.82. The van der Waals surface area contributed by atoms with Crippen molar-refractivity contribution in [2.24, 2.45) is 11.7 Å². The van der Waals surface area contributed by atoms with E-state index in [2.05, 4.69) is 55.5 Å². The Kier molecular flexibility index (Phi) is 6.70. The molecule has 1 aliphatic rings. The van der Waals surface area contributed by atoms with E-state index < -0.39 is 0 Å². The zero-order chi connectivity index (χ0) is 20.8. The zero-order valence-electron chi connectivity index (χ0n) is 17.7. The lowest BCUT2D eigenvalue weighted by molar-refractivity contribution is 0.287. The van der Waals surface area contributed by atoms with Crippen molar-refractivity contribution in [3.8, 4) is 22.6 Å². The summed E-state index contributed by atoms with van der Waals surface area (Å²) in [7, 11) is 0. The van der Waals surface area contributed by atoms with Crippen molar-refractivity contribution in [1.82, 2.24) is 0 Å². The summed E-state index contributed by atoms with van der Waals surface area (Å²) in [6, 6.07) is 25.5. The number of benzene rings is 3.